The van der Waals surface area contributed by atoms with E-state index < -0.39 is 0 Å². The zero-order valence-electron chi connectivity index (χ0n) is 7.93. The molecule has 2 heteroatoms. The van der Waals surface area contributed by atoms with E-state index in [1.807, 2.05) is 0 Å². The Morgan fingerprint density at radius 3 is 3.00 bits per heavy atom. The van der Waals surface area contributed by atoms with Crippen LogP contribution in [0.2, 0.25) is 0 Å². The van der Waals surface area contributed by atoms with Crippen LogP contribution in [0.25, 0.3) is 0 Å². The van der Waals surface area contributed by atoms with Crippen molar-refractivity contribution in [2.75, 3.05) is 0 Å². The average Bonchev–Trinajstić information content (AvgIpc) is 2.51. The van der Waals surface area contributed by atoms with E-state index in [4.69, 9.17) is 0 Å². The smallest absolute Gasteiger partial charge is 0.162 e. The second-order valence-corrected chi connectivity index (χ2v) is 5.37. The Kier molecular flexibility index (Phi) is 1.99. The van der Waals surface area contributed by atoms with Crippen molar-refractivity contribution in [2.24, 2.45) is 11.3 Å². The van der Waals surface area contributed by atoms with Crippen LogP contribution in [0.1, 0.15) is 26.7 Å². The summed E-state index contributed by atoms with van der Waals surface area (Å²) in [5, 5.41) is 0. The molecule has 1 saturated carbocycles. The van der Waals surface area contributed by atoms with E-state index in [0.717, 1.165) is 12.8 Å². The summed E-state index contributed by atoms with van der Waals surface area (Å²) in [7, 11) is 0. The lowest BCUT2D eigenvalue weighted by Gasteiger charge is -2.21. The molecule has 0 unspecified atom stereocenters. The van der Waals surface area contributed by atoms with Gasteiger partial charge in [-0.1, -0.05) is 34.5 Å². The van der Waals surface area contributed by atoms with Gasteiger partial charge in [0, 0.05) is 11.3 Å². The van der Waals surface area contributed by atoms with Crippen molar-refractivity contribution < 1.29 is 4.79 Å². The molecule has 0 N–H and O–H groups in total. The zero-order valence-corrected chi connectivity index (χ0v) is 9.52. The van der Waals surface area contributed by atoms with Crippen LogP contribution in [0.4, 0.5) is 0 Å². The molecule has 0 aromatic heterocycles. The second kappa shape index (κ2) is 2.81. The number of hydrogen-bond acceptors (Lipinski definition) is 1. The minimum atomic E-state index is -0.121. The van der Waals surface area contributed by atoms with Gasteiger partial charge in [-0.05, 0) is 30.3 Å². The lowest BCUT2D eigenvalue weighted by molar-refractivity contribution is -0.122. The molecular weight excluding hydrogens is 228 g/mol. The SMILES string of the molecule is C/C(Br)=C1/CC[C@]2(C)C(=O)C=C[C@H]12. The molecule has 0 saturated heterocycles. The summed E-state index contributed by atoms with van der Waals surface area (Å²) in [6, 6.07) is 0. The third-order valence-electron chi connectivity index (χ3n) is 3.42. The van der Waals surface area contributed by atoms with Crippen LogP contribution in [0.15, 0.2) is 22.2 Å². The van der Waals surface area contributed by atoms with Crippen molar-refractivity contribution in [3.8, 4) is 0 Å². The predicted octanol–water partition coefficient (Wildman–Crippen LogP) is 3.21. The molecule has 0 aromatic rings. The maximum absolute atomic E-state index is 11.6. The van der Waals surface area contributed by atoms with E-state index in [-0.39, 0.29) is 5.41 Å². The normalized spacial score (nSPS) is 41.2. The Hall–Kier alpha value is -0.370. The Morgan fingerprint density at radius 2 is 2.38 bits per heavy atom. The molecule has 0 amide bonds. The zero-order chi connectivity index (χ0) is 9.64. The standard InChI is InChI=1S/C11H13BrO/c1-7(12)8-5-6-11(2)9(8)3-4-10(11)13/h3-4,9H,5-6H2,1-2H3/b8-7+/t9-,11+/m1/s1. The van der Waals surface area contributed by atoms with E-state index in [2.05, 4.69) is 35.9 Å². The monoisotopic (exact) mass is 240 g/mol. The van der Waals surface area contributed by atoms with Gasteiger partial charge in [0.15, 0.2) is 5.78 Å². The lowest BCUT2D eigenvalue weighted by atomic mass is 9.80. The highest BCUT2D eigenvalue weighted by atomic mass is 79.9. The van der Waals surface area contributed by atoms with Gasteiger partial charge in [0.1, 0.15) is 0 Å². The summed E-state index contributed by atoms with van der Waals surface area (Å²) in [6.45, 7) is 4.15. The van der Waals surface area contributed by atoms with Gasteiger partial charge in [-0.3, -0.25) is 4.79 Å². The fraction of sp³-hybridized carbons (Fsp3) is 0.545. The van der Waals surface area contributed by atoms with Crippen LogP contribution < -0.4 is 0 Å². The van der Waals surface area contributed by atoms with Crippen LogP contribution >= 0.6 is 15.9 Å². The van der Waals surface area contributed by atoms with Crippen LogP contribution in [-0.4, -0.2) is 5.78 Å². The first kappa shape index (κ1) is 9.20. The number of halogens is 1. The van der Waals surface area contributed by atoms with Crippen molar-refractivity contribution in [3.63, 3.8) is 0 Å². The molecule has 0 aromatic carbocycles. The third kappa shape index (κ3) is 1.15. The number of carbonyl (C=O) groups excluding carboxylic acids is 1. The number of hydrogen-bond donors (Lipinski definition) is 0. The fourth-order valence-electron chi connectivity index (χ4n) is 2.46. The molecule has 1 nitrogen and oxygen atoms in total. The Balaban J connectivity index is 2.44. The number of fused-ring (bicyclic) bond motifs is 1. The molecule has 70 valence electrons. The van der Waals surface area contributed by atoms with Crippen molar-refractivity contribution in [2.45, 2.75) is 26.7 Å². The van der Waals surface area contributed by atoms with Gasteiger partial charge < -0.3 is 0 Å². The Bertz CT molecular complexity index is 323. The molecule has 0 radical (unpaired) electrons. The van der Waals surface area contributed by atoms with Gasteiger partial charge in [-0.25, -0.2) is 0 Å². The minimum Gasteiger partial charge on any atom is -0.294 e. The van der Waals surface area contributed by atoms with Gasteiger partial charge in [0.05, 0.1) is 0 Å². The number of allylic oxidation sites excluding steroid dienone is 4. The minimum absolute atomic E-state index is 0.121. The molecule has 2 aliphatic rings. The third-order valence-corrected chi connectivity index (χ3v) is 3.93. The molecule has 2 rings (SSSR count). The molecule has 1 fully saturated rings. The Morgan fingerprint density at radius 1 is 1.69 bits per heavy atom. The highest BCUT2D eigenvalue weighted by Crippen LogP contribution is 2.52. The first-order chi connectivity index (χ1) is 6.05. The van der Waals surface area contributed by atoms with Crippen molar-refractivity contribution in [3.05, 3.63) is 22.2 Å². The van der Waals surface area contributed by atoms with Gasteiger partial charge in [-0.15, -0.1) is 0 Å². The summed E-state index contributed by atoms with van der Waals surface area (Å²) in [5.41, 5.74) is 1.29. The molecule has 0 heterocycles. The molecule has 0 spiro atoms. The summed E-state index contributed by atoms with van der Waals surface area (Å²) < 4.78 is 1.21. The number of carbonyl (C=O) groups is 1. The molecule has 13 heavy (non-hydrogen) atoms. The molecular formula is C11H13BrO. The average molecular weight is 241 g/mol. The summed E-state index contributed by atoms with van der Waals surface area (Å²) in [5.74, 6) is 0.667. The van der Waals surface area contributed by atoms with E-state index in [0.29, 0.717) is 11.7 Å². The fourth-order valence-corrected chi connectivity index (χ4v) is 2.90. The van der Waals surface area contributed by atoms with Gasteiger partial charge >= 0.3 is 0 Å². The highest BCUT2D eigenvalue weighted by molar-refractivity contribution is 9.11. The second-order valence-electron chi connectivity index (χ2n) is 4.18. The van der Waals surface area contributed by atoms with E-state index in [1.54, 1.807) is 6.08 Å². The molecule has 2 atom stereocenters. The van der Waals surface area contributed by atoms with E-state index in [1.165, 1.54) is 10.1 Å². The van der Waals surface area contributed by atoms with Crippen molar-refractivity contribution >= 4 is 21.7 Å². The lowest BCUT2D eigenvalue weighted by Crippen LogP contribution is -2.24. The quantitative estimate of drug-likeness (QED) is 0.636. The first-order valence-electron chi connectivity index (χ1n) is 4.63. The number of ketones is 1. The summed E-state index contributed by atoms with van der Waals surface area (Å²) >= 11 is 3.52. The van der Waals surface area contributed by atoms with Crippen LogP contribution in [-0.2, 0) is 4.79 Å². The van der Waals surface area contributed by atoms with Crippen LogP contribution in [0.3, 0.4) is 0 Å². The van der Waals surface area contributed by atoms with Crippen molar-refractivity contribution in [1.82, 2.24) is 0 Å². The maximum Gasteiger partial charge on any atom is 0.162 e. The molecule has 2 aliphatic carbocycles. The topological polar surface area (TPSA) is 17.1 Å². The van der Waals surface area contributed by atoms with Gasteiger partial charge in [0.25, 0.3) is 0 Å². The van der Waals surface area contributed by atoms with Gasteiger partial charge in [0.2, 0.25) is 0 Å². The van der Waals surface area contributed by atoms with Crippen LogP contribution in [0.5, 0.6) is 0 Å². The van der Waals surface area contributed by atoms with Gasteiger partial charge in [-0.2, -0.15) is 0 Å². The predicted molar refractivity (Wildman–Crippen MR) is 56.6 cm³/mol. The number of rotatable bonds is 0. The molecule has 0 aliphatic heterocycles. The highest BCUT2D eigenvalue weighted by Gasteiger charge is 2.48. The summed E-state index contributed by atoms with van der Waals surface area (Å²) in [6.07, 6.45) is 5.88. The summed E-state index contributed by atoms with van der Waals surface area (Å²) in [4.78, 5) is 11.6. The Labute approximate surface area is 87.0 Å². The van der Waals surface area contributed by atoms with Crippen molar-refractivity contribution in [1.29, 1.82) is 0 Å². The molecule has 0 bridgehead atoms. The van der Waals surface area contributed by atoms with E-state index >= 15 is 0 Å². The first-order valence-corrected chi connectivity index (χ1v) is 5.43. The maximum atomic E-state index is 11.6. The van der Waals surface area contributed by atoms with Crippen LogP contribution in [0, 0.1) is 11.3 Å². The van der Waals surface area contributed by atoms with E-state index in [9.17, 15) is 4.79 Å². The largest absolute Gasteiger partial charge is 0.294 e.